The van der Waals surface area contributed by atoms with E-state index >= 15 is 0 Å². The van der Waals surface area contributed by atoms with Gasteiger partial charge in [-0.1, -0.05) is 6.07 Å². The van der Waals surface area contributed by atoms with Crippen LogP contribution in [0, 0.1) is 0 Å². The smallest absolute Gasteiger partial charge is 0.128 e. The predicted octanol–water partition coefficient (Wildman–Crippen LogP) is 0.849. The molecule has 2 rings (SSSR count). The number of nitrogens with zero attached hydrogens (tertiary/aromatic N) is 2. The van der Waals surface area contributed by atoms with Crippen LogP contribution in [0.15, 0.2) is 18.2 Å². The van der Waals surface area contributed by atoms with Gasteiger partial charge >= 0.3 is 0 Å². The molecule has 0 aromatic carbocycles. The minimum absolute atomic E-state index is 0.555. The molecule has 1 aromatic rings. The van der Waals surface area contributed by atoms with Crippen LogP contribution in [0.1, 0.15) is 0 Å². The van der Waals surface area contributed by atoms with Crippen LogP contribution in [0.25, 0.3) is 0 Å². The highest BCUT2D eigenvalue weighted by atomic mass is 15.2. The average Bonchev–Trinajstić information content (AvgIpc) is 2.16. The Balaban J connectivity index is 1.95. The monoisotopic (exact) mass is 192 g/mol. The maximum Gasteiger partial charge on any atom is 0.128 e. The number of anilines is 2. The Bertz CT molecular complexity index is 307. The topological polar surface area (TPSA) is 40.2 Å². The van der Waals surface area contributed by atoms with Crippen LogP contribution in [-0.4, -0.2) is 43.1 Å². The van der Waals surface area contributed by atoms with Gasteiger partial charge in [-0.05, 0) is 19.2 Å². The van der Waals surface area contributed by atoms with Crippen LogP contribution in [0.4, 0.5) is 11.6 Å². The highest BCUT2D eigenvalue weighted by Crippen LogP contribution is 2.13. The molecule has 0 amide bonds. The third-order valence-electron chi connectivity index (χ3n) is 2.42. The van der Waals surface area contributed by atoms with Gasteiger partial charge in [0.2, 0.25) is 0 Å². The first-order chi connectivity index (χ1) is 6.78. The Morgan fingerprint density at radius 1 is 1.36 bits per heavy atom. The molecule has 0 saturated carbocycles. The van der Waals surface area contributed by atoms with Gasteiger partial charge in [0, 0.05) is 20.1 Å². The van der Waals surface area contributed by atoms with Crippen molar-refractivity contribution in [2.75, 3.05) is 37.8 Å². The second-order valence-corrected chi connectivity index (χ2v) is 3.72. The van der Waals surface area contributed by atoms with E-state index in [1.54, 1.807) is 0 Å². The van der Waals surface area contributed by atoms with Crippen molar-refractivity contribution in [2.45, 2.75) is 6.04 Å². The standard InChI is InChI=1S/C10H16N4/c1-11-9-4-3-5-10(13-9)12-8-6-14(2)7-8/h3-5,8H,6-7H2,1-2H3,(H2,11,12,13). The second-order valence-electron chi connectivity index (χ2n) is 3.72. The van der Waals surface area contributed by atoms with Gasteiger partial charge in [0.25, 0.3) is 0 Å². The van der Waals surface area contributed by atoms with Gasteiger partial charge < -0.3 is 15.5 Å². The lowest BCUT2D eigenvalue weighted by atomic mass is 10.1. The molecular weight excluding hydrogens is 176 g/mol. The minimum Gasteiger partial charge on any atom is -0.373 e. The molecule has 4 heteroatoms. The molecule has 4 nitrogen and oxygen atoms in total. The van der Waals surface area contributed by atoms with E-state index in [4.69, 9.17) is 0 Å². The van der Waals surface area contributed by atoms with Gasteiger partial charge in [0.15, 0.2) is 0 Å². The number of likely N-dealkylation sites (tertiary alicyclic amines) is 1. The molecular formula is C10H16N4. The molecule has 1 saturated heterocycles. The lowest BCUT2D eigenvalue weighted by molar-refractivity contribution is 0.205. The highest BCUT2D eigenvalue weighted by molar-refractivity contribution is 5.45. The molecule has 2 heterocycles. The third kappa shape index (κ3) is 1.96. The zero-order chi connectivity index (χ0) is 9.97. The molecule has 1 aromatic heterocycles. The van der Waals surface area contributed by atoms with Gasteiger partial charge in [-0.2, -0.15) is 0 Å². The summed E-state index contributed by atoms with van der Waals surface area (Å²) >= 11 is 0. The van der Waals surface area contributed by atoms with Crippen molar-refractivity contribution in [3.8, 4) is 0 Å². The van der Waals surface area contributed by atoms with E-state index < -0.39 is 0 Å². The fourth-order valence-corrected chi connectivity index (χ4v) is 1.65. The number of hydrogen-bond acceptors (Lipinski definition) is 4. The zero-order valence-corrected chi connectivity index (χ0v) is 8.62. The molecule has 2 N–H and O–H groups in total. The molecule has 0 aliphatic carbocycles. The molecule has 0 unspecified atom stereocenters. The number of aromatic nitrogens is 1. The van der Waals surface area contributed by atoms with Crippen molar-refractivity contribution in [1.29, 1.82) is 0 Å². The van der Waals surface area contributed by atoms with Crippen molar-refractivity contribution >= 4 is 11.6 Å². The summed E-state index contributed by atoms with van der Waals surface area (Å²) in [4.78, 5) is 6.67. The van der Waals surface area contributed by atoms with Crippen LogP contribution in [0.5, 0.6) is 0 Å². The Morgan fingerprint density at radius 3 is 2.71 bits per heavy atom. The molecule has 76 valence electrons. The predicted molar refractivity (Wildman–Crippen MR) is 58.7 cm³/mol. The number of nitrogens with one attached hydrogen (secondary N) is 2. The first-order valence-corrected chi connectivity index (χ1v) is 4.88. The van der Waals surface area contributed by atoms with E-state index in [0.717, 1.165) is 24.7 Å². The van der Waals surface area contributed by atoms with Crippen molar-refractivity contribution in [2.24, 2.45) is 0 Å². The maximum atomic E-state index is 4.40. The van der Waals surface area contributed by atoms with Crippen molar-refractivity contribution in [1.82, 2.24) is 9.88 Å². The normalized spacial score (nSPS) is 17.6. The number of likely N-dealkylation sites (N-methyl/N-ethyl adjacent to an activating group) is 1. The van der Waals surface area contributed by atoms with Crippen LogP contribution in [-0.2, 0) is 0 Å². The highest BCUT2D eigenvalue weighted by Gasteiger charge is 2.22. The molecule has 1 aliphatic rings. The first kappa shape index (κ1) is 9.27. The van der Waals surface area contributed by atoms with Crippen LogP contribution < -0.4 is 10.6 Å². The van der Waals surface area contributed by atoms with E-state index in [-0.39, 0.29) is 0 Å². The van der Waals surface area contributed by atoms with E-state index in [1.165, 1.54) is 0 Å². The van der Waals surface area contributed by atoms with Gasteiger partial charge in [0.1, 0.15) is 11.6 Å². The van der Waals surface area contributed by atoms with Crippen molar-refractivity contribution < 1.29 is 0 Å². The average molecular weight is 192 g/mol. The summed E-state index contributed by atoms with van der Waals surface area (Å²) in [7, 11) is 4.00. The zero-order valence-electron chi connectivity index (χ0n) is 8.62. The molecule has 0 radical (unpaired) electrons. The summed E-state index contributed by atoms with van der Waals surface area (Å²) in [5, 5.41) is 6.41. The minimum atomic E-state index is 0.555. The maximum absolute atomic E-state index is 4.40. The summed E-state index contributed by atoms with van der Waals surface area (Å²) in [6.45, 7) is 2.21. The lowest BCUT2D eigenvalue weighted by Crippen LogP contribution is -2.52. The van der Waals surface area contributed by atoms with Gasteiger partial charge in [-0.3, -0.25) is 0 Å². The van der Waals surface area contributed by atoms with Gasteiger partial charge in [-0.15, -0.1) is 0 Å². The lowest BCUT2D eigenvalue weighted by Gasteiger charge is -2.36. The molecule has 0 spiro atoms. The van der Waals surface area contributed by atoms with Crippen LogP contribution in [0.3, 0.4) is 0 Å². The van der Waals surface area contributed by atoms with E-state index in [9.17, 15) is 0 Å². The quantitative estimate of drug-likeness (QED) is 0.745. The Hall–Kier alpha value is -1.29. The number of rotatable bonds is 3. The van der Waals surface area contributed by atoms with E-state index in [2.05, 4.69) is 27.6 Å². The molecule has 14 heavy (non-hydrogen) atoms. The van der Waals surface area contributed by atoms with E-state index in [1.807, 2.05) is 25.2 Å². The number of pyridine rings is 1. The summed E-state index contributed by atoms with van der Waals surface area (Å²) in [6.07, 6.45) is 0. The van der Waals surface area contributed by atoms with Gasteiger partial charge in [0.05, 0.1) is 6.04 Å². The Labute approximate surface area is 84.3 Å². The fourth-order valence-electron chi connectivity index (χ4n) is 1.65. The fraction of sp³-hybridized carbons (Fsp3) is 0.500. The number of hydrogen-bond donors (Lipinski definition) is 2. The van der Waals surface area contributed by atoms with Gasteiger partial charge in [-0.25, -0.2) is 4.98 Å². The molecule has 0 bridgehead atoms. The van der Waals surface area contributed by atoms with E-state index in [0.29, 0.717) is 6.04 Å². The second kappa shape index (κ2) is 3.84. The molecule has 1 aliphatic heterocycles. The van der Waals surface area contributed by atoms with Crippen LogP contribution >= 0.6 is 0 Å². The summed E-state index contributed by atoms with van der Waals surface area (Å²) < 4.78 is 0. The molecule has 0 atom stereocenters. The summed E-state index contributed by atoms with van der Waals surface area (Å²) in [5.41, 5.74) is 0. The van der Waals surface area contributed by atoms with Crippen molar-refractivity contribution in [3.63, 3.8) is 0 Å². The summed E-state index contributed by atoms with van der Waals surface area (Å²) in [5.74, 6) is 1.86. The largest absolute Gasteiger partial charge is 0.373 e. The first-order valence-electron chi connectivity index (χ1n) is 4.88. The Morgan fingerprint density at radius 2 is 2.07 bits per heavy atom. The summed E-state index contributed by atoms with van der Waals surface area (Å²) in [6, 6.07) is 6.51. The SMILES string of the molecule is CNc1cccc(NC2CN(C)C2)n1. The molecule has 1 fully saturated rings. The van der Waals surface area contributed by atoms with Crippen molar-refractivity contribution in [3.05, 3.63) is 18.2 Å². The van der Waals surface area contributed by atoms with Crippen LogP contribution in [0.2, 0.25) is 0 Å². The Kier molecular flexibility index (Phi) is 2.54. The third-order valence-corrected chi connectivity index (χ3v) is 2.42.